The summed E-state index contributed by atoms with van der Waals surface area (Å²) in [7, 11) is 0. The average molecular weight is 240 g/mol. The van der Waals surface area contributed by atoms with Crippen molar-refractivity contribution in [1.29, 1.82) is 0 Å². The zero-order valence-corrected chi connectivity index (χ0v) is 9.39. The molecule has 2 rings (SSSR count). The lowest BCUT2D eigenvalue weighted by Crippen LogP contribution is -2.04. The molecule has 0 saturated carbocycles. The second kappa shape index (κ2) is 3.91. The van der Waals surface area contributed by atoms with E-state index in [1.165, 1.54) is 6.07 Å². The van der Waals surface area contributed by atoms with Crippen molar-refractivity contribution in [2.45, 2.75) is 20.0 Å². The number of aryl methyl sites for hydroxylation is 2. The molecule has 2 aromatic rings. The molecule has 0 saturated heterocycles. The van der Waals surface area contributed by atoms with Crippen LogP contribution in [-0.4, -0.2) is 9.97 Å². The van der Waals surface area contributed by atoms with Gasteiger partial charge < -0.3 is 4.98 Å². The second-order valence-electron chi connectivity index (χ2n) is 3.87. The number of H-pyrrole nitrogens is 1. The average Bonchev–Trinajstić information content (AvgIpc) is 2.57. The van der Waals surface area contributed by atoms with Gasteiger partial charge in [-0.3, -0.25) is 0 Å². The van der Waals surface area contributed by atoms with Crippen LogP contribution in [0.25, 0.3) is 11.3 Å². The van der Waals surface area contributed by atoms with Crippen molar-refractivity contribution >= 4 is 0 Å². The molecule has 0 fully saturated rings. The fourth-order valence-electron chi connectivity index (χ4n) is 1.73. The van der Waals surface area contributed by atoms with Crippen molar-refractivity contribution < 1.29 is 13.2 Å². The molecule has 0 amide bonds. The lowest BCUT2D eigenvalue weighted by atomic mass is 10.1. The molecule has 90 valence electrons. The molecule has 0 spiro atoms. The number of aromatic nitrogens is 2. The van der Waals surface area contributed by atoms with E-state index < -0.39 is 11.7 Å². The molecule has 0 aliphatic heterocycles. The standard InChI is InChI=1S/C12H11F3N2/c1-7-11(17-8(2)16-7)9-4-3-5-10(6-9)12(13,14)15/h3-6H,1-2H3,(H,16,17). The Morgan fingerprint density at radius 3 is 2.41 bits per heavy atom. The predicted octanol–water partition coefficient (Wildman–Crippen LogP) is 3.71. The van der Waals surface area contributed by atoms with E-state index in [0.29, 0.717) is 17.1 Å². The van der Waals surface area contributed by atoms with Gasteiger partial charge in [0.05, 0.1) is 11.3 Å². The molecule has 0 unspecified atom stereocenters. The summed E-state index contributed by atoms with van der Waals surface area (Å²) >= 11 is 0. The van der Waals surface area contributed by atoms with Crippen LogP contribution >= 0.6 is 0 Å². The predicted molar refractivity (Wildman–Crippen MR) is 58.5 cm³/mol. The van der Waals surface area contributed by atoms with E-state index in [1.807, 2.05) is 0 Å². The molecule has 17 heavy (non-hydrogen) atoms. The summed E-state index contributed by atoms with van der Waals surface area (Å²) in [6.45, 7) is 3.56. The fraction of sp³-hybridized carbons (Fsp3) is 0.250. The number of hydrogen-bond acceptors (Lipinski definition) is 1. The third-order valence-electron chi connectivity index (χ3n) is 2.47. The molecule has 0 atom stereocenters. The summed E-state index contributed by atoms with van der Waals surface area (Å²) in [5.74, 6) is 0.690. The molecule has 1 aromatic heterocycles. The molecule has 0 radical (unpaired) electrons. The number of nitrogens with zero attached hydrogens (tertiary/aromatic N) is 1. The lowest BCUT2D eigenvalue weighted by molar-refractivity contribution is -0.137. The first-order valence-electron chi connectivity index (χ1n) is 5.09. The number of imidazole rings is 1. The Hall–Kier alpha value is -1.78. The highest BCUT2D eigenvalue weighted by molar-refractivity contribution is 5.62. The van der Waals surface area contributed by atoms with Crippen LogP contribution in [0, 0.1) is 13.8 Å². The van der Waals surface area contributed by atoms with E-state index in [-0.39, 0.29) is 0 Å². The molecule has 1 heterocycles. The van der Waals surface area contributed by atoms with Gasteiger partial charge in [0, 0.05) is 11.3 Å². The number of rotatable bonds is 1. The lowest BCUT2D eigenvalue weighted by Gasteiger charge is -2.07. The van der Waals surface area contributed by atoms with Crippen LogP contribution < -0.4 is 0 Å². The largest absolute Gasteiger partial charge is 0.416 e. The maximum absolute atomic E-state index is 12.6. The smallest absolute Gasteiger partial charge is 0.346 e. The maximum Gasteiger partial charge on any atom is 0.416 e. The minimum absolute atomic E-state index is 0.474. The van der Waals surface area contributed by atoms with Gasteiger partial charge in [0.25, 0.3) is 0 Å². The van der Waals surface area contributed by atoms with Gasteiger partial charge in [-0.1, -0.05) is 12.1 Å². The van der Waals surface area contributed by atoms with Crippen molar-refractivity contribution in [2.24, 2.45) is 0 Å². The Bertz CT molecular complexity index is 541. The van der Waals surface area contributed by atoms with E-state index >= 15 is 0 Å². The fourth-order valence-corrected chi connectivity index (χ4v) is 1.73. The maximum atomic E-state index is 12.6. The second-order valence-corrected chi connectivity index (χ2v) is 3.87. The summed E-state index contributed by atoms with van der Waals surface area (Å²) < 4.78 is 37.7. The molecular weight excluding hydrogens is 229 g/mol. The van der Waals surface area contributed by atoms with E-state index in [2.05, 4.69) is 9.97 Å². The highest BCUT2D eigenvalue weighted by Crippen LogP contribution is 2.32. The molecule has 5 heteroatoms. The zero-order valence-electron chi connectivity index (χ0n) is 9.39. The number of nitrogens with one attached hydrogen (secondary N) is 1. The van der Waals surface area contributed by atoms with E-state index in [1.54, 1.807) is 19.9 Å². The third-order valence-corrected chi connectivity index (χ3v) is 2.47. The van der Waals surface area contributed by atoms with Crippen molar-refractivity contribution in [3.8, 4) is 11.3 Å². The van der Waals surface area contributed by atoms with E-state index in [9.17, 15) is 13.2 Å². The first-order valence-corrected chi connectivity index (χ1v) is 5.09. The summed E-state index contributed by atoms with van der Waals surface area (Å²) in [6.07, 6.45) is -4.32. The molecule has 1 N–H and O–H groups in total. The highest BCUT2D eigenvalue weighted by Gasteiger charge is 2.30. The highest BCUT2D eigenvalue weighted by atomic mass is 19.4. The Labute approximate surface area is 96.5 Å². The van der Waals surface area contributed by atoms with Crippen LogP contribution in [-0.2, 0) is 6.18 Å². The number of alkyl halides is 3. The third kappa shape index (κ3) is 2.33. The number of halogens is 3. The van der Waals surface area contributed by atoms with Crippen LogP contribution in [0.1, 0.15) is 17.1 Å². The summed E-state index contributed by atoms with van der Waals surface area (Å²) in [5, 5.41) is 0. The van der Waals surface area contributed by atoms with Crippen molar-refractivity contribution in [1.82, 2.24) is 9.97 Å². The number of hydrogen-bond donors (Lipinski definition) is 1. The van der Waals surface area contributed by atoms with Crippen LogP contribution in [0.3, 0.4) is 0 Å². The summed E-state index contributed by atoms with van der Waals surface area (Å²) in [5.41, 5.74) is 1.15. The number of benzene rings is 1. The van der Waals surface area contributed by atoms with Gasteiger partial charge in [-0.05, 0) is 26.0 Å². The van der Waals surface area contributed by atoms with Crippen molar-refractivity contribution in [3.63, 3.8) is 0 Å². The topological polar surface area (TPSA) is 28.7 Å². The molecule has 0 aliphatic carbocycles. The first kappa shape index (κ1) is 11.7. The van der Waals surface area contributed by atoms with Crippen LogP contribution in [0.5, 0.6) is 0 Å². The Kier molecular flexibility index (Phi) is 2.69. The first-order chi connectivity index (χ1) is 7.88. The van der Waals surface area contributed by atoms with Gasteiger partial charge in [0.1, 0.15) is 5.82 Å². The zero-order chi connectivity index (χ0) is 12.6. The molecule has 0 aliphatic rings. The summed E-state index contributed by atoms with van der Waals surface area (Å²) in [4.78, 5) is 7.15. The van der Waals surface area contributed by atoms with Gasteiger partial charge in [-0.2, -0.15) is 13.2 Å². The molecule has 0 bridgehead atoms. The van der Waals surface area contributed by atoms with Gasteiger partial charge in [-0.25, -0.2) is 4.98 Å². The van der Waals surface area contributed by atoms with E-state index in [4.69, 9.17) is 0 Å². The SMILES string of the molecule is Cc1nc(-c2cccc(C(F)(F)F)c2)c(C)[nH]1. The quantitative estimate of drug-likeness (QED) is 0.808. The normalized spacial score (nSPS) is 11.8. The summed E-state index contributed by atoms with van der Waals surface area (Å²) in [6, 6.07) is 5.18. The number of aromatic amines is 1. The van der Waals surface area contributed by atoms with E-state index in [0.717, 1.165) is 17.8 Å². The Morgan fingerprint density at radius 1 is 1.18 bits per heavy atom. The molecular formula is C12H11F3N2. The minimum atomic E-state index is -4.32. The minimum Gasteiger partial charge on any atom is -0.346 e. The molecule has 2 nitrogen and oxygen atoms in total. The van der Waals surface area contributed by atoms with Gasteiger partial charge in [-0.15, -0.1) is 0 Å². The van der Waals surface area contributed by atoms with Crippen LogP contribution in [0.2, 0.25) is 0 Å². The monoisotopic (exact) mass is 240 g/mol. The van der Waals surface area contributed by atoms with Gasteiger partial charge >= 0.3 is 6.18 Å². The van der Waals surface area contributed by atoms with Crippen molar-refractivity contribution in [2.75, 3.05) is 0 Å². The molecule has 1 aromatic carbocycles. The van der Waals surface area contributed by atoms with Crippen LogP contribution in [0.4, 0.5) is 13.2 Å². The van der Waals surface area contributed by atoms with Gasteiger partial charge in [0.15, 0.2) is 0 Å². The van der Waals surface area contributed by atoms with Crippen molar-refractivity contribution in [3.05, 3.63) is 41.3 Å². The van der Waals surface area contributed by atoms with Crippen LogP contribution in [0.15, 0.2) is 24.3 Å². The van der Waals surface area contributed by atoms with Gasteiger partial charge in [0.2, 0.25) is 0 Å². The Balaban J connectivity index is 2.50. The Morgan fingerprint density at radius 2 is 1.88 bits per heavy atom.